The number of carbonyl (C=O) groups is 1. The van der Waals surface area contributed by atoms with Gasteiger partial charge in [0.1, 0.15) is 5.60 Å². The summed E-state index contributed by atoms with van der Waals surface area (Å²) in [4.78, 5) is 13.6. The Bertz CT molecular complexity index is 655. The Morgan fingerprint density at radius 2 is 2.00 bits per heavy atom. The Balaban J connectivity index is 1.91. The van der Waals surface area contributed by atoms with Crippen LogP contribution < -0.4 is 4.90 Å². The Labute approximate surface area is 144 Å². The molecule has 1 aromatic carbocycles. The molecule has 2 unspecified atom stereocenters. The van der Waals surface area contributed by atoms with E-state index in [1.54, 1.807) is 24.8 Å². The van der Waals surface area contributed by atoms with Crippen molar-refractivity contribution in [3.05, 3.63) is 29.3 Å². The number of hydrogen-bond acceptors (Lipinski definition) is 4. The highest BCUT2D eigenvalue weighted by Crippen LogP contribution is 2.49. The van der Waals surface area contributed by atoms with Crippen LogP contribution in [0.1, 0.15) is 44.2 Å². The molecular weight excluding hydrogens is 335 g/mol. The summed E-state index contributed by atoms with van der Waals surface area (Å²) in [6.07, 6.45) is -2.49. The molecule has 2 aliphatic heterocycles. The molecule has 1 aromatic rings. The summed E-state index contributed by atoms with van der Waals surface area (Å²) in [6.45, 7) is 4.75. The van der Waals surface area contributed by atoms with Crippen molar-refractivity contribution < 1.29 is 27.4 Å². The molecule has 0 spiro atoms. The van der Waals surface area contributed by atoms with Gasteiger partial charge in [-0.15, -0.1) is 0 Å². The molecule has 3 rings (SSSR count). The second-order valence-corrected chi connectivity index (χ2v) is 6.63. The molecule has 4 nitrogen and oxygen atoms in total. The summed E-state index contributed by atoms with van der Waals surface area (Å²) in [5, 5.41) is 0. The topological polar surface area (TPSA) is 42.1 Å². The first-order valence-electron chi connectivity index (χ1n) is 8.58. The number of carbonyl (C=O) groups excluding carboxylic acids is 1. The number of rotatable bonds is 4. The fraction of sp³-hybridized carbons (Fsp3) is 0.611. The van der Waals surface area contributed by atoms with Gasteiger partial charge >= 0.3 is 12.1 Å². The predicted octanol–water partition coefficient (Wildman–Crippen LogP) is 3.87. The van der Waals surface area contributed by atoms with Gasteiger partial charge in [-0.05, 0) is 50.8 Å². The SMILES string of the molecule is CCOC(=O)C1OC1(C)c1ccc(N2CCCCC2)c(C(F)(F)F)c1. The molecule has 0 bridgehead atoms. The van der Waals surface area contributed by atoms with E-state index >= 15 is 0 Å². The van der Waals surface area contributed by atoms with Gasteiger partial charge in [-0.1, -0.05) is 6.07 Å². The minimum atomic E-state index is -4.46. The van der Waals surface area contributed by atoms with Gasteiger partial charge in [-0.3, -0.25) is 0 Å². The van der Waals surface area contributed by atoms with Crippen LogP contribution in [-0.4, -0.2) is 31.8 Å². The number of hydrogen-bond donors (Lipinski definition) is 0. The summed E-state index contributed by atoms with van der Waals surface area (Å²) in [6, 6.07) is 4.24. The standard InChI is InChI=1S/C18H22F3NO3/c1-3-24-16(23)15-17(2,25-15)12-7-8-14(13(11-12)18(19,20)21)22-9-5-4-6-10-22/h7-8,11,15H,3-6,9-10H2,1-2H3. The first-order valence-corrected chi connectivity index (χ1v) is 8.58. The lowest BCUT2D eigenvalue weighted by atomic mass is 9.94. The number of benzene rings is 1. The third-order valence-corrected chi connectivity index (χ3v) is 4.88. The molecule has 2 aliphatic rings. The zero-order valence-corrected chi connectivity index (χ0v) is 14.4. The first kappa shape index (κ1) is 18.0. The Kier molecular flexibility index (Phi) is 4.70. The molecular formula is C18H22F3NO3. The minimum Gasteiger partial charge on any atom is -0.464 e. The van der Waals surface area contributed by atoms with E-state index in [4.69, 9.17) is 9.47 Å². The van der Waals surface area contributed by atoms with Crippen LogP contribution in [0.3, 0.4) is 0 Å². The van der Waals surface area contributed by atoms with Crippen LogP contribution in [0, 0.1) is 0 Å². The quantitative estimate of drug-likeness (QED) is 0.606. The second-order valence-electron chi connectivity index (χ2n) is 6.63. The third-order valence-electron chi connectivity index (χ3n) is 4.88. The summed E-state index contributed by atoms with van der Waals surface area (Å²) < 4.78 is 51.1. The maximum atomic E-state index is 13.6. The van der Waals surface area contributed by atoms with E-state index in [-0.39, 0.29) is 12.3 Å². The van der Waals surface area contributed by atoms with Crippen LogP contribution in [0.4, 0.5) is 18.9 Å². The highest BCUT2D eigenvalue weighted by Gasteiger charge is 2.59. The molecule has 0 aliphatic carbocycles. The van der Waals surface area contributed by atoms with Crippen molar-refractivity contribution in [2.75, 3.05) is 24.6 Å². The number of nitrogens with zero attached hydrogens (tertiary/aromatic N) is 1. The van der Waals surface area contributed by atoms with Crippen molar-refractivity contribution in [2.45, 2.75) is 51.0 Å². The van der Waals surface area contributed by atoms with Gasteiger partial charge in [-0.2, -0.15) is 13.2 Å². The highest BCUT2D eigenvalue weighted by atomic mass is 19.4. The number of halogens is 3. The number of alkyl halides is 3. The number of epoxide rings is 1. The smallest absolute Gasteiger partial charge is 0.418 e. The Hall–Kier alpha value is -1.76. The van der Waals surface area contributed by atoms with Crippen molar-refractivity contribution in [1.29, 1.82) is 0 Å². The molecule has 0 radical (unpaired) electrons. The molecule has 2 saturated heterocycles. The molecule has 2 heterocycles. The average Bonchev–Trinajstić information content (AvgIpc) is 3.28. The fourth-order valence-corrected chi connectivity index (χ4v) is 3.40. The molecule has 25 heavy (non-hydrogen) atoms. The second kappa shape index (κ2) is 6.52. The fourth-order valence-electron chi connectivity index (χ4n) is 3.40. The van der Waals surface area contributed by atoms with Gasteiger partial charge in [0.2, 0.25) is 0 Å². The van der Waals surface area contributed by atoms with Gasteiger partial charge in [0.25, 0.3) is 0 Å². The maximum Gasteiger partial charge on any atom is 0.418 e. The van der Waals surface area contributed by atoms with Crippen molar-refractivity contribution in [3.8, 4) is 0 Å². The van der Waals surface area contributed by atoms with Crippen LogP contribution in [0.15, 0.2) is 18.2 Å². The first-order chi connectivity index (χ1) is 11.8. The summed E-state index contributed by atoms with van der Waals surface area (Å²) in [7, 11) is 0. The lowest BCUT2D eigenvalue weighted by Gasteiger charge is -2.31. The van der Waals surface area contributed by atoms with Crippen LogP contribution in [0.25, 0.3) is 0 Å². The van der Waals surface area contributed by atoms with Crippen molar-refractivity contribution >= 4 is 11.7 Å². The number of ether oxygens (including phenoxy) is 2. The number of anilines is 1. The van der Waals surface area contributed by atoms with Gasteiger partial charge < -0.3 is 14.4 Å². The molecule has 2 atom stereocenters. The summed E-state index contributed by atoms with van der Waals surface area (Å²) >= 11 is 0. The number of esters is 1. The summed E-state index contributed by atoms with van der Waals surface area (Å²) in [5.74, 6) is -0.543. The van der Waals surface area contributed by atoms with Crippen molar-refractivity contribution in [1.82, 2.24) is 0 Å². The molecule has 0 amide bonds. The van der Waals surface area contributed by atoms with E-state index in [1.165, 1.54) is 6.07 Å². The van der Waals surface area contributed by atoms with E-state index in [9.17, 15) is 18.0 Å². The Morgan fingerprint density at radius 1 is 1.32 bits per heavy atom. The van der Waals surface area contributed by atoms with Crippen LogP contribution >= 0.6 is 0 Å². The third kappa shape index (κ3) is 3.47. The largest absolute Gasteiger partial charge is 0.464 e. The lowest BCUT2D eigenvalue weighted by Crippen LogP contribution is -2.31. The van der Waals surface area contributed by atoms with E-state index in [0.717, 1.165) is 25.3 Å². The van der Waals surface area contributed by atoms with E-state index < -0.39 is 29.4 Å². The summed E-state index contributed by atoms with van der Waals surface area (Å²) in [5.41, 5.74) is -1.19. The zero-order chi connectivity index (χ0) is 18.2. The molecule has 7 heteroatoms. The zero-order valence-electron chi connectivity index (χ0n) is 14.4. The van der Waals surface area contributed by atoms with Crippen molar-refractivity contribution in [2.24, 2.45) is 0 Å². The van der Waals surface area contributed by atoms with E-state index in [2.05, 4.69) is 0 Å². The number of piperidine rings is 1. The average molecular weight is 357 g/mol. The lowest BCUT2D eigenvalue weighted by molar-refractivity contribution is -0.144. The van der Waals surface area contributed by atoms with Gasteiger partial charge in [0.15, 0.2) is 6.10 Å². The normalized spacial score (nSPS) is 26.4. The van der Waals surface area contributed by atoms with Gasteiger partial charge in [-0.25, -0.2) is 4.79 Å². The monoisotopic (exact) mass is 357 g/mol. The Morgan fingerprint density at radius 3 is 2.60 bits per heavy atom. The molecule has 2 fully saturated rings. The van der Waals surface area contributed by atoms with Gasteiger partial charge in [0.05, 0.1) is 12.2 Å². The minimum absolute atomic E-state index is 0.202. The van der Waals surface area contributed by atoms with Crippen molar-refractivity contribution in [3.63, 3.8) is 0 Å². The maximum absolute atomic E-state index is 13.6. The molecule has 0 saturated carbocycles. The van der Waals surface area contributed by atoms with Crippen LogP contribution in [-0.2, 0) is 26.0 Å². The van der Waals surface area contributed by atoms with E-state index in [1.807, 2.05) is 0 Å². The van der Waals surface area contributed by atoms with E-state index in [0.29, 0.717) is 18.7 Å². The van der Waals surface area contributed by atoms with Gasteiger partial charge in [0, 0.05) is 18.8 Å². The predicted molar refractivity (Wildman–Crippen MR) is 86.4 cm³/mol. The molecule has 138 valence electrons. The van der Waals surface area contributed by atoms with Crippen LogP contribution in [0.5, 0.6) is 0 Å². The molecule has 0 N–H and O–H groups in total. The molecule has 0 aromatic heterocycles. The highest BCUT2D eigenvalue weighted by molar-refractivity contribution is 5.80. The van der Waals surface area contributed by atoms with Crippen LogP contribution in [0.2, 0.25) is 0 Å².